The fourth-order valence-corrected chi connectivity index (χ4v) is 4.34. The zero-order valence-corrected chi connectivity index (χ0v) is 16.6. The molecule has 6 heteroatoms. The number of rotatable bonds is 6. The van der Waals surface area contributed by atoms with Crippen molar-refractivity contribution in [3.63, 3.8) is 0 Å². The Morgan fingerprint density at radius 1 is 1.19 bits per heavy atom. The SMILES string of the molecule is CC[C@@H]1CCCC[NH+]1Cn1nc(-c2ccco2)n(Cc2ccccc2)c1=S. The highest BCUT2D eigenvalue weighted by molar-refractivity contribution is 7.71. The second-order valence-electron chi connectivity index (χ2n) is 7.32. The Hall–Kier alpha value is -2.18. The first kappa shape index (κ1) is 18.2. The number of benzene rings is 1. The summed E-state index contributed by atoms with van der Waals surface area (Å²) < 4.78 is 10.5. The summed E-state index contributed by atoms with van der Waals surface area (Å²) in [5.74, 6) is 1.56. The molecular formula is C21H27N4OS+. The van der Waals surface area contributed by atoms with Crippen molar-refractivity contribution in [2.45, 2.75) is 51.9 Å². The lowest BCUT2D eigenvalue weighted by Crippen LogP contribution is -3.15. The van der Waals surface area contributed by atoms with E-state index in [0.29, 0.717) is 12.6 Å². The highest BCUT2D eigenvalue weighted by atomic mass is 32.1. The minimum atomic E-state index is 0.697. The Balaban J connectivity index is 1.68. The van der Waals surface area contributed by atoms with E-state index < -0.39 is 0 Å². The first-order valence-corrected chi connectivity index (χ1v) is 10.3. The Morgan fingerprint density at radius 3 is 2.78 bits per heavy atom. The summed E-state index contributed by atoms with van der Waals surface area (Å²) in [7, 11) is 0. The van der Waals surface area contributed by atoms with Crippen molar-refractivity contribution in [2.75, 3.05) is 6.54 Å². The highest BCUT2D eigenvalue weighted by Crippen LogP contribution is 2.20. The maximum atomic E-state index is 5.84. The largest absolute Gasteiger partial charge is 0.461 e. The van der Waals surface area contributed by atoms with Gasteiger partial charge in [-0.2, -0.15) is 4.68 Å². The van der Waals surface area contributed by atoms with E-state index in [0.717, 1.165) is 23.0 Å². The molecule has 4 rings (SSSR count). The van der Waals surface area contributed by atoms with Gasteiger partial charge in [-0.1, -0.05) is 37.3 Å². The Labute approximate surface area is 165 Å². The molecule has 27 heavy (non-hydrogen) atoms. The predicted molar refractivity (Wildman–Crippen MR) is 108 cm³/mol. The summed E-state index contributed by atoms with van der Waals surface area (Å²) in [5.41, 5.74) is 1.21. The van der Waals surface area contributed by atoms with E-state index in [1.165, 1.54) is 37.8 Å². The fourth-order valence-electron chi connectivity index (χ4n) is 4.08. The highest BCUT2D eigenvalue weighted by Gasteiger charge is 2.26. The molecule has 1 saturated heterocycles. The molecule has 2 aromatic heterocycles. The van der Waals surface area contributed by atoms with Crippen molar-refractivity contribution >= 4 is 12.2 Å². The summed E-state index contributed by atoms with van der Waals surface area (Å²) in [5, 5.41) is 4.87. The summed E-state index contributed by atoms with van der Waals surface area (Å²) in [4.78, 5) is 1.59. The molecule has 1 N–H and O–H groups in total. The molecule has 3 heterocycles. The van der Waals surface area contributed by atoms with E-state index in [9.17, 15) is 0 Å². The fraction of sp³-hybridized carbons (Fsp3) is 0.429. The molecule has 0 amide bonds. The lowest BCUT2D eigenvalue weighted by Gasteiger charge is -2.31. The normalized spacial score (nSPS) is 20.0. The Morgan fingerprint density at radius 2 is 2.04 bits per heavy atom. The smallest absolute Gasteiger partial charge is 0.203 e. The van der Waals surface area contributed by atoms with Crippen molar-refractivity contribution < 1.29 is 9.32 Å². The molecule has 1 fully saturated rings. The van der Waals surface area contributed by atoms with Crippen LogP contribution in [-0.2, 0) is 13.2 Å². The monoisotopic (exact) mass is 383 g/mol. The molecule has 1 aliphatic heterocycles. The quantitative estimate of drug-likeness (QED) is 0.662. The minimum Gasteiger partial charge on any atom is -0.461 e. The lowest BCUT2D eigenvalue weighted by atomic mass is 10.0. The average Bonchev–Trinajstić information content (AvgIpc) is 3.33. The van der Waals surface area contributed by atoms with E-state index in [1.54, 1.807) is 11.2 Å². The van der Waals surface area contributed by atoms with Crippen LogP contribution in [0.25, 0.3) is 11.6 Å². The molecule has 0 spiro atoms. The second-order valence-corrected chi connectivity index (χ2v) is 7.69. The number of aromatic nitrogens is 3. The zero-order valence-electron chi connectivity index (χ0n) is 15.8. The van der Waals surface area contributed by atoms with Gasteiger partial charge in [0.1, 0.15) is 0 Å². The van der Waals surface area contributed by atoms with Gasteiger partial charge in [0, 0.05) is 0 Å². The van der Waals surface area contributed by atoms with Crippen molar-refractivity contribution in [1.82, 2.24) is 14.3 Å². The molecule has 0 bridgehead atoms. The van der Waals surface area contributed by atoms with Crippen LogP contribution < -0.4 is 4.90 Å². The van der Waals surface area contributed by atoms with Gasteiger partial charge in [0.25, 0.3) is 0 Å². The van der Waals surface area contributed by atoms with Gasteiger partial charge in [0.2, 0.25) is 4.77 Å². The second kappa shape index (κ2) is 8.23. The van der Waals surface area contributed by atoms with Crippen LogP contribution >= 0.6 is 12.2 Å². The minimum absolute atomic E-state index is 0.697. The number of likely N-dealkylation sites (tertiary alicyclic amines) is 1. The van der Waals surface area contributed by atoms with Crippen molar-refractivity contribution in [2.24, 2.45) is 0 Å². The van der Waals surface area contributed by atoms with Crippen LogP contribution in [0, 0.1) is 4.77 Å². The molecule has 142 valence electrons. The van der Waals surface area contributed by atoms with Crippen LogP contribution in [0.4, 0.5) is 0 Å². The summed E-state index contributed by atoms with van der Waals surface area (Å²) in [6.45, 7) is 5.01. The zero-order chi connectivity index (χ0) is 18.6. The van der Waals surface area contributed by atoms with Crippen molar-refractivity contribution in [1.29, 1.82) is 0 Å². The number of hydrogen-bond acceptors (Lipinski definition) is 3. The molecule has 0 aliphatic carbocycles. The van der Waals surface area contributed by atoms with Gasteiger partial charge in [0.05, 0.1) is 25.4 Å². The lowest BCUT2D eigenvalue weighted by molar-refractivity contribution is -0.953. The number of piperidine rings is 1. The van der Waals surface area contributed by atoms with E-state index >= 15 is 0 Å². The van der Waals surface area contributed by atoms with Gasteiger partial charge >= 0.3 is 0 Å². The number of nitrogens with one attached hydrogen (secondary N) is 1. The topological polar surface area (TPSA) is 40.3 Å². The van der Waals surface area contributed by atoms with E-state index in [2.05, 4.69) is 35.8 Å². The van der Waals surface area contributed by atoms with Gasteiger partial charge in [0.15, 0.2) is 18.3 Å². The molecule has 1 aliphatic rings. The van der Waals surface area contributed by atoms with Crippen molar-refractivity contribution in [3.05, 3.63) is 59.1 Å². The maximum absolute atomic E-state index is 5.84. The molecule has 1 aromatic carbocycles. The average molecular weight is 384 g/mol. The molecule has 0 radical (unpaired) electrons. The summed E-state index contributed by atoms with van der Waals surface area (Å²) in [6, 6.07) is 14.9. The van der Waals surface area contributed by atoms with Crippen molar-refractivity contribution in [3.8, 4) is 11.6 Å². The van der Waals surface area contributed by atoms with Crippen LogP contribution in [0.3, 0.4) is 0 Å². The van der Waals surface area contributed by atoms with Crippen LogP contribution in [-0.4, -0.2) is 26.9 Å². The number of hydrogen-bond donors (Lipinski definition) is 1. The molecule has 5 nitrogen and oxygen atoms in total. The predicted octanol–water partition coefficient (Wildman–Crippen LogP) is 3.53. The summed E-state index contributed by atoms with van der Waals surface area (Å²) in [6.07, 6.45) is 6.82. The molecular weight excluding hydrogens is 356 g/mol. The van der Waals surface area contributed by atoms with Crippen LogP contribution in [0.1, 0.15) is 38.2 Å². The van der Waals surface area contributed by atoms with Crippen LogP contribution in [0.5, 0.6) is 0 Å². The maximum Gasteiger partial charge on any atom is 0.203 e. The third-order valence-corrected chi connectivity index (χ3v) is 6.00. The van der Waals surface area contributed by atoms with E-state index in [4.69, 9.17) is 21.7 Å². The summed E-state index contributed by atoms with van der Waals surface area (Å²) >= 11 is 5.84. The van der Waals surface area contributed by atoms with Gasteiger partial charge in [-0.25, -0.2) is 0 Å². The molecule has 1 unspecified atom stereocenters. The Kier molecular flexibility index (Phi) is 5.55. The van der Waals surface area contributed by atoms with Gasteiger partial charge < -0.3 is 9.32 Å². The number of furan rings is 1. The van der Waals surface area contributed by atoms with Crippen LogP contribution in [0.15, 0.2) is 53.1 Å². The molecule has 0 saturated carbocycles. The van der Waals surface area contributed by atoms with Gasteiger partial charge in [-0.3, -0.25) is 4.57 Å². The van der Waals surface area contributed by atoms with E-state index in [1.807, 2.05) is 22.9 Å². The number of nitrogens with zero attached hydrogens (tertiary/aromatic N) is 3. The first-order valence-electron chi connectivity index (χ1n) is 9.86. The van der Waals surface area contributed by atoms with Crippen LogP contribution in [0.2, 0.25) is 0 Å². The van der Waals surface area contributed by atoms with E-state index in [-0.39, 0.29) is 0 Å². The third kappa shape index (κ3) is 3.92. The number of quaternary nitrogens is 1. The third-order valence-electron chi connectivity index (χ3n) is 5.57. The molecule has 2 atom stereocenters. The van der Waals surface area contributed by atoms with Gasteiger partial charge in [-0.05, 0) is 55.6 Å². The van der Waals surface area contributed by atoms with Gasteiger partial charge in [-0.15, -0.1) is 5.10 Å². The standard InChI is InChI=1S/C21H26N4OS/c1-2-18-11-6-7-13-23(18)16-25-21(27)24(15-17-9-4-3-5-10-17)20(22-25)19-12-8-14-26-19/h3-5,8-10,12,14,18H,2,6-7,11,13,15-16H2,1H3/p+1/t18-/m1/s1. The first-order chi connectivity index (χ1) is 13.3. The molecule has 3 aromatic rings. The Bertz CT molecular complexity index is 914.